The normalized spacial score (nSPS) is 14.7. The first-order valence-corrected chi connectivity index (χ1v) is 10.6. The van der Waals surface area contributed by atoms with Crippen molar-refractivity contribution in [1.29, 1.82) is 0 Å². The van der Waals surface area contributed by atoms with Gasteiger partial charge in [0.25, 0.3) is 0 Å². The maximum Gasteiger partial charge on any atom is 0.316 e. The Kier molecular flexibility index (Phi) is 7.19. The fourth-order valence-corrected chi connectivity index (χ4v) is 4.31. The average molecular weight is 406 g/mol. The maximum absolute atomic E-state index is 11.8. The number of methoxy groups -OCH3 is 2. The second-order valence-corrected chi connectivity index (χ2v) is 7.61. The van der Waals surface area contributed by atoms with Gasteiger partial charge in [-0.25, -0.2) is 0 Å². The smallest absolute Gasteiger partial charge is 0.316 e. The van der Waals surface area contributed by atoms with Gasteiger partial charge < -0.3 is 14.2 Å². The van der Waals surface area contributed by atoms with Crippen molar-refractivity contribution in [3.05, 3.63) is 18.2 Å². The standard InChI is InChI=1S/C20H27N3O4S/c1-4-27-18(24)13-28-20-22-21-19(23(20)15-8-6-5-7-9-15)14-10-16(25-2)12-17(11-14)26-3/h10-12,15H,4-9,13H2,1-3H3. The molecule has 1 heterocycles. The fourth-order valence-electron chi connectivity index (χ4n) is 3.50. The summed E-state index contributed by atoms with van der Waals surface area (Å²) in [7, 11) is 3.26. The summed E-state index contributed by atoms with van der Waals surface area (Å²) in [4.78, 5) is 11.8. The van der Waals surface area contributed by atoms with E-state index in [9.17, 15) is 4.79 Å². The Morgan fingerprint density at radius 1 is 1.11 bits per heavy atom. The van der Waals surface area contributed by atoms with Gasteiger partial charge in [0.2, 0.25) is 0 Å². The Bertz CT molecular complexity index is 780. The Hall–Kier alpha value is -2.22. The van der Waals surface area contributed by atoms with Crippen LogP contribution in [0.5, 0.6) is 11.5 Å². The molecular formula is C20H27N3O4S. The maximum atomic E-state index is 11.8. The van der Waals surface area contributed by atoms with Gasteiger partial charge >= 0.3 is 5.97 Å². The van der Waals surface area contributed by atoms with Gasteiger partial charge in [-0.1, -0.05) is 31.0 Å². The van der Waals surface area contributed by atoms with Gasteiger partial charge in [-0.05, 0) is 31.9 Å². The lowest BCUT2D eigenvalue weighted by Gasteiger charge is -2.25. The molecule has 0 bridgehead atoms. The molecule has 0 aliphatic heterocycles. The lowest BCUT2D eigenvalue weighted by molar-refractivity contribution is -0.139. The third-order valence-electron chi connectivity index (χ3n) is 4.84. The van der Waals surface area contributed by atoms with Gasteiger partial charge in [-0.3, -0.25) is 9.36 Å². The lowest BCUT2D eigenvalue weighted by Crippen LogP contribution is -2.16. The van der Waals surface area contributed by atoms with Crippen LogP contribution in [0.3, 0.4) is 0 Å². The van der Waals surface area contributed by atoms with Gasteiger partial charge in [0, 0.05) is 17.7 Å². The van der Waals surface area contributed by atoms with Crippen LogP contribution in [0.2, 0.25) is 0 Å². The SMILES string of the molecule is CCOC(=O)CSc1nnc(-c2cc(OC)cc(OC)c2)n1C1CCCCC1. The second kappa shape index (κ2) is 9.82. The number of aromatic nitrogens is 3. The van der Waals surface area contributed by atoms with Crippen molar-refractivity contribution in [1.82, 2.24) is 14.8 Å². The summed E-state index contributed by atoms with van der Waals surface area (Å²) in [5.74, 6) is 2.16. The quantitative estimate of drug-likeness (QED) is 0.483. The topological polar surface area (TPSA) is 75.5 Å². The first-order chi connectivity index (χ1) is 13.7. The number of esters is 1. The molecule has 1 aromatic carbocycles. The van der Waals surface area contributed by atoms with Gasteiger partial charge in [0.15, 0.2) is 11.0 Å². The number of rotatable bonds is 8. The highest BCUT2D eigenvalue weighted by molar-refractivity contribution is 7.99. The summed E-state index contributed by atoms with van der Waals surface area (Å²) >= 11 is 1.38. The Labute approximate surface area is 169 Å². The molecule has 0 spiro atoms. The van der Waals surface area contributed by atoms with Crippen molar-refractivity contribution in [2.45, 2.75) is 50.2 Å². The van der Waals surface area contributed by atoms with Crippen molar-refractivity contribution in [3.63, 3.8) is 0 Å². The molecule has 3 rings (SSSR count). The van der Waals surface area contributed by atoms with E-state index in [-0.39, 0.29) is 11.7 Å². The number of ether oxygens (including phenoxy) is 3. The first kappa shape index (κ1) is 20.5. The van der Waals surface area contributed by atoms with Crippen LogP contribution >= 0.6 is 11.8 Å². The molecule has 152 valence electrons. The van der Waals surface area contributed by atoms with E-state index in [1.165, 1.54) is 31.0 Å². The Morgan fingerprint density at radius 3 is 2.39 bits per heavy atom. The van der Waals surface area contributed by atoms with E-state index in [2.05, 4.69) is 14.8 Å². The molecule has 7 nitrogen and oxygen atoms in total. The minimum Gasteiger partial charge on any atom is -0.497 e. The van der Waals surface area contributed by atoms with E-state index in [1.54, 1.807) is 21.1 Å². The molecule has 0 N–H and O–H groups in total. The Morgan fingerprint density at radius 2 is 1.79 bits per heavy atom. The monoisotopic (exact) mass is 405 g/mol. The molecule has 0 saturated heterocycles. The van der Waals surface area contributed by atoms with Crippen LogP contribution in [0.25, 0.3) is 11.4 Å². The summed E-state index contributed by atoms with van der Waals surface area (Å²) in [6, 6.07) is 6.03. The highest BCUT2D eigenvalue weighted by atomic mass is 32.2. The highest BCUT2D eigenvalue weighted by Gasteiger charge is 2.25. The molecule has 0 unspecified atom stereocenters. The lowest BCUT2D eigenvalue weighted by atomic mass is 9.95. The third-order valence-corrected chi connectivity index (χ3v) is 5.76. The molecule has 2 aromatic rings. The van der Waals surface area contributed by atoms with Crippen LogP contribution in [0.1, 0.15) is 45.1 Å². The molecule has 28 heavy (non-hydrogen) atoms. The molecule has 1 aromatic heterocycles. The molecule has 1 aliphatic carbocycles. The number of hydrogen-bond acceptors (Lipinski definition) is 7. The molecule has 1 fully saturated rings. The van der Waals surface area contributed by atoms with Crippen molar-refractivity contribution in [2.75, 3.05) is 26.6 Å². The van der Waals surface area contributed by atoms with E-state index >= 15 is 0 Å². The predicted octanol–water partition coefficient (Wildman–Crippen LogP) is 4.12. The highest BCUT2D eigenvalue weighted by Crippen LogP contribution is 2.37. The minimum absolute atomic E-state index is 0.222. The van der Waals surface area contributed by atoms with Gasteiger partial charge in [-0.15, -0.1) is 10.2 Å². The third kappa shape index (κ3) is 4.79. The number of hydrogen-bond donors (Lipinski definition) is 0. The summed E-state index contributed by atoms with van der Waals surface area (Å²) in [5, 5.41) is 9.61. The Balaban J connectivity index is 1.97. The molecule has 0 amide bonds. The van der Waals surface area contributed by atoms with Crippen LogP contribution < -0.4 is 9.47 Å². The zero-order valence-electron chi connectivity index (χ0n) is 16.6. The molecular weight excluding hydrogens is 378 g/mol. The van der Waals surface area contributed by atoms with Crippen LogP contribution in [0.15, 0.2) is 23.4 Å². The van der Waals surface area contributed by atoms with Gasteiger partial charge in [0.1, 0.15) is 11.5 Å². The molecule has 8 heteroatoms. The van der Waals surface area contributed by atoms with Crippen molar-refractivity contribution < 1.29 is 19.0 Å². The molecule has 1 saturated carbocycles. The number of nitrogens with zero attached hydrogens (tertiary/aromatic N) is 3. The van der Waals surface area contributed by atoms with E-state index in [1.807, 2.05) is 18.2 Å². The van der Waals surface area contributed by atoms with Crippen molar-refractivity contribution in [2.24, 2.45) is 0 Å². The van der Waals surface area contributed by atoms with Crippen molar-refractivity contribution in [3.8, 4) is 22.9 Å². The zero-order chi connectivity index (χ0) is 19.9. The summed E-state index contributed by atoms with van der Waals surface area (Å²) in [6.45, 7) is 2.19. The fraction of sp³-hybridized carbons (Fsp3) is 0.550. The van der Waals surface area contributed by atoms with Crippen LogP contribution in [-0.2, 0) is 9.53 Å². The second-order valence-electron chi connectivity index (χ2n) is 6.66. The van der Waals surface area contributed by atoms with E-state index in [4.69, 9.17) is 14.2 Å². The average Bonchev–Trinajstić information content (AvgIpc) is 3.16. The molecule has 0 radical (unpaired) electrons. The summed E-state index contributed by atoms with van der Waals surface area (Å²) in [5.41, 5.74) is 0.886. The van der Waals surface area contributed by atoms with Gasteiger partial charge in [-0.2, -0.15) is 0 Å². The minimum atomic E-state index is -0.240. The summed E-state index contributed by atoms with van der Waals surface area (Å²) in [6.07, 6.45) is 5.79. The van der Waals surface area contributed by atoms with E-state index in [0.717, 1.165) is 29.4 Å². The number of carbonyl (C=O) groups excluding carboxylic acids is 1. The van der Waals surface area contributed by atoms with Crippen molar-refractivity contribution >= 4 is 17.7 Å². The van der Waals surface area contributed by atoms with Crippen LogP contribution in [0.4, 0.5) is 0 Å². The van der Waals surface area contributed by atoms with E-state index < -0.39 is 0 Å². The number of thioether (sulfide) groups is 1. The van der Waals surface area contributed by atoms with Gasteiger partial charge in [0.05, 0.1) is 26.6 Å². The molecule has 1 aliphatic rings. The first-order valence-electron chi connectivity index (χ1n) is 9.63. The molecule has 0 atom stereocenters. The largest absolute Gasteiger partial charge is 0.497 e. The zero-order valence-corrected chi connectivity index (χ0v) is 17.5. The van der Waals surface area contributed by atoms with Crippen LogP contribution in [-0.4, -0.2) is 47.3 Å². The summed E-state index contributed by atoms with van der Waals surface area (Å²) < 4.78 is 18.1. The van der Waals surface area contributed by atoms with Crippen LogP contribution in [0, 0.1) is 0 Å². The predicted molar refractivity (Wildman–Crippen MR) is 108 cm³/mol. The van der Waals surface area contributed by atoms with E-state index in [0.29, 0.717) is 24.1 Å². The number of benzene rings is 1. The number of carbonyl (C=O) groups is 1.